The second-order valence-corrected chi connectivity index (χ2v) is 5.68. The number of imidazole rings is 1. The summed E-state index contributed by atoms with van der Waals surface area (Å²) >= 11 is 12.0. The van der Waals surface area contributed by atoms with Crippen molar-refractivity contribution in [2.24, 2.45) is 0 Å². The molecule has 0 saturated carbocycles. The Morgan fingerprint density at radius 2 is 1.59 bits per heavy atom. The van der Waals surface area contributed by atoms with Gasteiger partial charge >= 0.3 is 0 Å². The Morgan fingerprint density at radius 3 is 2.27 bits per heavy atom. The van der Waals surface area contributed by atoms with Gasteiger partial charge in [-0.05, 0) is 43.3 Å². The fourth-order valence-electron chi connectivity index (χ4n) is 2.07. The number of anilines is 3. The summed E-state index contributed by atoms with van der Waals surface area (Å²) in [6.07, 6.45) is 1.71. The Hall–Kier alpha value is -2.17. The summed E-state index contributed by atoms with van der Waals surface area (Å²) in [5.41, 5.74) is 5.88. The van der Waals surface area contributed by atoms with E-state index in [1.807, 2.05) is 60.1 Å². The zero-order valence-corrected chi connectivity index (χ0v) is 13.4. The van der Waals surface area contributed by atoms with Crippen LogP contribution in [0, 0.1) is 6.92 Å². The third-order valence-electron chi connectivity index (χ3n) is 3.11. The van der Waals surface area contributed by atoms with E-state index in [1.165, 1.54) is 0 Å². The number of aryl methyl sites for hydroxylation is 1. The van der Waals surface area contributed by atoms with E-state index in [4.69, 9.17) is 23.2 Å². The van der Waals surface area contributed by atoms with Crippen LogP contribution in [0.1, 0.15) is 5.69 Å². The molecule has 22 heavy (non-hydrogen) atoms. The zero-order valence-electron chi connectivity index (χ0n) is 11.8. The molecule has 0 saturated heterocycles. The van der Waals surface area contributed by atoms with E-state index in [1.54, 1.807) is 6.33 Å². The van der Waals surface area contributed by atoms with Gasteiger partial charge in [0, 0.05) is 15.7 Å². The van der Waals surface area contributed by atoms with Crippen molar-refractivity contribution in [1.29, 1.82) is 0 Å². The molecular weight excluding hydrogens is 319 g/mol. The van der Waals surface area contributed by atoms with Crippen LogP contribution in [0.3, 0.4) is 0 Å². The Labute approximate surface area is 138 Å². The highest BCUT2D eigenvalue weighted by molar-refractivity contribution is 6.31. The van der Waals surface area contributed by atoms with Crippen LogP contribution in [-0.2, 0) is 0 Å². The van der Waals surface area contributed by atoms with Crippen molar-refractivity contribution >= 4 is 40.4 Å². The molecule has 3 aromatic rings. The smallest absolute Gasteiger partial charge is 0.152 e. The lowest BCUT2D eigenvalue weighted by Gasteiger charge is -2.14. The molecule has 0 aliphatic heterocycles. The predicted molar refractivity (Wildman–Crippen MR) is 92.2 cm³/mol. The van der Waals surface area contributed by atoms with Gasteiger partial charge in [-0.2, -0.15) is 0 Å². The van der Waals surface area contributed by atoms with Crippen LogP contribution in [0.4, 0.5) is 17.2 Å². The van der Waals surface area contributed by atoms with Gasteiger partial charge in [0.25, 0.3) is 0 Å². The number of hydrogen-bond donors (Lipinski definition) is 2. The van der Waals surface area contributed by atoms with Gasteiger partial charge in [0.2, 0.25) is 0 Å². The summed E-state index contributed by atoms with van der Waals surface area (Å²) in [5, 5.41) is 4.67. The van der Waals surface area contributed by atoms with E-state index < -0.39 is 0 Å². The molecule has 0 unspecified atom stereocenters. The third kappa shape index (κ3) is 3.35. The topological polar surface area (TPSA) is 41.9 Å². The van der Waals surface area contributed by atoms with Gasteiger partial charge in [-0.15, -0.1) is 0 Å². The summed E-state index contributed by atoms with van der Waals surface area (Å²) in [6, 6.07) is 15.0. The lowest BCUT2D eigenvalue weighted by molar-refractivity contribution is 0.962. The second-order valence-electron chi connectivity index (χ2n) is 4.81. The molecule has 0 fully saturated rings. The summed E-state index contributed by atoms with van der Waals surface area (Å²) in [7, 11) is 0. The highest BCUT2D eigenvalue weighted by Crippen LogP contribution is 2.23. The molecule has 2 aromatic carbocycles. The monoisotopic (exact) mass is 332 g/mol. The van der Waals surface area contributed by atoms with Gasteiger partial charge < -0.3 is 5.32 Å². The molecule has 0 amide bonds. The quantitative estimate of drug-likeness (QED) is 0.696. The van der Waals surface area contributed by atoms with Crippen LogP contribution in [0.25, 0.3) is 0 Å². The van der Waals surface area contributed by atoms with E-state index in [0.29, 0.717) is 10.0 Å². The maximum absolute atomic E-state index is 6.02. The molecule has 0 atom stereocenters. The summed E-state index contributed by atoms with van der Waals surface area (Å²) < 4.78 is 1.81. The molecule has 0 aliphatic carbocycles. The third-order valence-corrected chi connectivity index (χ3v) is 3.58. The minimum absolute atomic E-state index is 0.672. The van der Waals surface area contributed by atoms with Crippen molar-refractivity contribution in [1.82, 2.24) is 9.66 Å². The molecular formula is C16H14Cl2N4. The Kier molecular flexibility index (Phi) is 4.22. The van der Waals surface area contributed by atoms with Crippen molar-refractivity contribution in [3.63, 3.8) is 0 Å². The second kappa shape index (κ2) is 6.30. The standard InChI is InChI=1S/C16H14Cl2N4/c1-11-16(20-14-6-2-4-12(17)8-14)22(10-19-11)21-15-7-3-5-13(18)9-15/h2-10,20-21H,1H3. The van der Waals surface area contributed by atoms with Gasteiger partial charge in [-0.1, -0.05) is 35.3 Å². The van der Waals surface area contributed by atoms with Gasteiger partial charge in [-0.3, -0.25) is 5.43 Å². The van der Waals surface area contributed by atoms with Gasteiger partial charge in [0.05, 0.1) is 11.4 Å². The number of nitrogens with one attached hydrogen (secondary N) is 2. The van der Waals surface area contributed by atoms with Gasteiger partial charge in [-0.25, -0.2) is 9.66 Å². The van der Waals surface area contributed by atoms with E-state index in [9.17, 15) is 0 Å². The van der Waals surface area contributed by atoms with E-state index in [0.717, 1.165) is 22.9 Å². The number of hydrogen-bond acceptors (Lipinski definition) is 3. The fourth-order valence-corrected chi connectivity index (χ4v) is 2.45. The predicted octanol–water partition coefficient (Wildman–Crippen LogP) is 5.12. The highest BCUT2D eigenvalue weighted by atomic mass is 35.5. The number of benzene rings is 2. The Morgan fingerprint density at radius 1 is 0.955 bits per heavy atom. The van der Waals surface area contributed by atoms with Crippen LogP contribution >= 0.6 is 23.2 Å². The number of aromatic nitrogens is 2. The Bertz CT molecular complexity index is 798. The van der Waals surface area contributed by atoms with Gasteiger partial charge in [0.1, 0.15) is 6.33 Å². The summed E-state index contributed by atoms with van der Waals surface area (Å²) in [5.74, 6) is 0.835. The average Bonchev–Trinajstić information content (AvgIpc) is 2.80. The highest BCUT2D eigenvalue weighted by Gasteiger charge is 2.08. The van der Waals surface area contributed by atoms with Crippen molar-refractivity contribution in [3.8, 4) is 0 Å². The molecule has 0 spiro atoms. The summed E-state index contributed by atoms with van der Waals surface area (Å²) in [4.78, 5) is 4.33. The molecule has 0 aliphatic rings. The lowest BCUT2D eigenvalue weighted by Crippen LogP contribution is -2.11. The van der Waals surface area contributed by atoms with Crippen LogP contribution < -0.4 is 10.7 Å². The number of halogens is 2. The van der Waals surface area contributed by atoms with Crippen LogP contribution in [0.15, 0.2) is 54.9 Å². The average molecular weight is 333 g/mol. The molecule has 1 aromatic heterocycles. The first kappa shape index (κ1) is 14.8. The van der Waals surface area contributed by atoms with E-state index in [2.05, 4.69) is 15.7 Å². The largest absolute Gasteiger partial charge is 0.339 e. The van der Waals surface area contributed by atoms with Crippen molar-refractivity contribution < 1.29 is 0 Å². The molecule has 0 radical (unpaired) electrons. The van der Waals surface area contributed by atoms with Crippen LogP contribution in [-0.4, -0.2) is 9.66 Å². The zero-order chi connectivity index (χ0) is 15.5. The minimum atomic E-state index is 0.672. The Balaban J connectivity index is 1.87. The first-order chi connectivity index (χ1) is 10.6. The SMILES string of the molecule is Cc1ncn(Nc2cccc(Cl)c2)c1Nc1cccc(Cl)c1. The molecule has 2 N–H and O–H groups in total. The fraction of sp³-hybridized carbons (Fsp3) is 0.0625. The first-order valence-electron chi connectivity index (χ1n) is 6.71. The molecule has 3 rings (SSSR count). The van der Waals surface area contributed by atoms with E-state index >= 15 is 0 Å². The van der Waals surface area contributed by atoms with Crippen LogP contribution in [0.5, 0.6) is 0 Å². The minimum Gasteiger partial charge on any atom is -0.339 e. The molecule has 1 heterocycles. The maximum Gasteiger partial charge on any atom is 0.152 e. The molecule has 112 valence electrons. The van der Waals surface area contributed by atoms with Gasteiger partial charge in [0.15, 0.2) is 5.82 Å². The summed E-state index contributed by atoms with van der Waals surface area (Å²) in [6.45, 7) is 1.93. The van der Waals surface area contributed by atoms with Crippen molar-refractivity contribution in [2.45, 2.75) is 6.92 Å². The number of rotatable bonds is 4. The van der Waals surface area contributed by atoms with Crippen molar-refractivity contribution in [2.75, 3.05) is 10.7 Å². The lowest BCUT2D eigenvalue weighted by atomic mass is 10.3. The maximum atomic E-state index is 6.02. The van der Waals surface area contributed by atoms with Crippen LogP contribution in [0.2, 0.25) is 10.0 Å². The molecule has 6 heteroatoms. The number of nitrogens with zero attached hydrogens (tertiary/aromatic N) is 2. The first-order valence-corrected chi connectivity index (χ1v) is 7.46. The molecule has 0 bridgehead atoms. The van der Waals surface area contributed by atoms with E-state index in [-0.39, 0.29) is 0 Å². The normalized spacial score (nSPS) is 10.5. The van der Waals surface area contributed by atoms with Crippen molar-refractivity contribution in [3.05, 3.63) is 70.6 Å². The molecule has 4 nitrogen and oxygen atoms in total.